The molecule has 2 nitrogen and oxygen atoms in total. The minimum absolute atomic E-state index is 0.0682. The summed E-state index contributed by atoms with van der Waals surface area (Å²) in [6.07, 6.45) is 4.20. The second-order valence-electron chi connectivity index (χ2n) is 4.89. The van der Waals surface area contributed by atoms with Crippen LogP contribution in [0.4, 0.5) is 0 Å². The van der Waals surface area contributed by atoms with Crippen molar-refractivity contribution >= 4 is 10.9 Å². The van der Waals surface area contributed by atoms with Gasteiger partial charge in [-0.05, 0) is 12.5 Å². The van der Waals surface area contributed by atoms with E-state index < -0.39 is 0 Å². The number of fused-ring (bicyclic) bond motifs is 1. The number of hydrogen-bond donors (Lipinski definition) is 0. The van der Waals surface area contributed by atoms with Gasteiger partial charge >= 0.3 is 0 Å². The Kier molecular flexibility index (Phi) is 2.90. The Balaban J connectivity index is 2.46. The molecule has 2 heteroatoms. The summed E-state index contributed by atoms with van der Waals surface area (Å²) >= 11 is 0. The Morgan fingerprint density at radius 1 is 1.19 bits per heavy atom. The third-order valence-electron chi connectivity index (χ3n) is 2.97. The van der Waals surface area contributed by atoms with Crippen LogP contribution in [-0.2, 0) is 5.41 Å². The minimum atomic E-state index is 0.0682. The molecule has 1 aromatic carbocycles. The molecule has 0 amide bonds. The summed E-state index contributed by atoms with van der Waals surface area (Å²) in [5, 5.41) is 1.11. The second-order valence-corrected chi connectivity index (χ2v) is 4.89. The first-order valence-corrected chi connectivity index (χ1v) is 5.86. The third kappa shape index (κ3) is 2.06. The molecule has 0 aliphatic rings. The SMILES string of the molecule is CCCC(C)(C)c1ncc2ccccc2n1. The van der Waals surface area contributed by atoms with Crippen LogP contribution in [-0.4, -0.2) is 9.97 Å². The van der Waals surface area contributed by atoms with E-state index in [4.69, 9.17) is 0 Å². The first kappa shape index (κ1) is 11.1. The van der Waals surface area contributed by atoms with Crippen LogP contribution in [0.1, 0.15) is 39.4 Å². The van der Waals surface area contributed by atoms with Gasteiger partial charge in [-0.15, -0.1) is 0 Å². The number of rotatable bonds is 3. The molecular formula is C14H18N2. The zero-order valence-electron chi connectivity index (χ0n) is 10.2. The van der Waals surface area contributed by atoms with Crippen LogP contribution in [0, 0.1) is 0 Å². The van der Waals surface area contributed by atoms with Gasteiger partial charge in [0.2, 0.25) is 0 Å². The Morgan fingerprint density at radius 2 is 1.94 bits per heavy atom. The van der Waals surface area contributed by atoms with Crippen molar-refractivity contribution in [3.8, 4) is 0 Å². The number of hydrogen-bond acceptors (Lipinski definition) is 2. The van der Waals surface area contributed by atoms with Gasteiger partial charge in [-0.3, -0.25) is 0 Å². The fraction of sp³-hybridized carbons (Fsp3) is 0.429. The predicted octanol–water partition coefficient (Wildman–Crippen LogP) is 3.71. The van der Waals surface area contributed by atoms with E-state index in [1.165, 1.54) is 0 Å². The highest BCUT2D eigenvalue weighted by molar-refractivity contribution is 5.77. The summed E-state index contributed by atoms with van der Waals surface area (Å²) in [6.45, 7) is 6.62. The summed E-state index contributed by atoms with van der Waals surface area (Å²) in [4.78, 5) is 9.14. The Bertz CT molecular complexity index is 489. The number of nitrogens with zero attached hydrogens (tertiary/aromatic N) is 2. The van der Waals surface area contributed by atoms with E-state index in [9.17, 15) is 0 Å². The molecule has 0 radical (unpaired) electrons. The normalized spacial score (nSPS) is 11.9. The van der Waals surface area contributed by atoms with Gasteiger partial charge in [0.25, 0.3) is 0 Å². The molecule has 2 aromatic rings. The lowest BCUT2D eigenvalue weighted by Gasteiger charge is -2.22. The standard InChI is InChI=1S/C14H18N2/c1-4-9-14(2,3)13-15-10-11-7-5-6-8-12(11)16-13/h5-8,10H,4,9H2,1-3H3. The summed E-state index contributed by atoms with van der Waals surface area (Å²) < 4.78 is 0. The van der Waals surface area contributed by atoms with E-state index in [2.05, 4.69) is 30.7 Å². The molecule has 84 valence electrons. The molecule has 0 aliphatic carbocycles. The molecule has 0 spiro atoms. The highest BCUT2D eigenvalue weighted by Gasteiger charge is 2.22. The molecule has 0 bridgehead atoms. The number of para-hydroxylation sites is 1. The molecular weight excluding hydrogens is 196 g/mol. The zero-order chi connectivity index (χ0) is 11.6. The average Bonchev–Trinajstić information content (AvgIpc) is 2.28. The maximum Gasteiger partial charge on any atom is 0.134 e. The van der Waals surface area contributed by atoms with Crippen molar-refractivity contribution in [1.29, 1.82) is 0 Å². The summed E-state index contributed by atoms with van der Waals surface area (Å²) in [7, 11) is 0. The van der Waals surface area contributed by atoms with Crippen LogP contribution in [0.3, 0.4) is 0 Å². The Morgan fingerprint density at radius 3 is 2.69 bits per heavy atom. The smallest absolute Gasteiger partial charge is 0.134 e. The van der Waals surface area contributed by atoms with Gasteiger partial charge in [0, 0.05) is 17.0 Å². The second kappa shape index (κ2) is 4.20. The van der Waals surface area contributed by atoms with Gasteiger partial charge in [0.15, 0.2) is 0 Å². The molecule has 0 fully saturated rings. The molecule has 0 unspecified atom stereocenters. The van der Waals surface area contributed by atoms with E-state index >= 15 is 0 Å². The lowest BCUT2D eigenvalue weighted by atomic mass is 9.87. The van der Waals surface area contributed by atoms with Crippen molar-refractivity contribution in [2.45, 2.75) is 39.0 Å². The summed E-state index contributed by atoms with van der Waals surface area (Å²) in [5.74, 6) is 0.952. The molecule has 0 N–H and O–H groups in total. The molecule has 2 rings (SSSR count). The van der Waals surface area contributed by atoms with Gasteiger partial charge in [0.1, 0.15) is 5.82 Å². The van der Waals surface area contributed by atoms with Crippen molar-refractivity contribution in [3.63, 3.8) is 0 Å². The molecule has 0 atom stereocenters. The first-order chi connectivity index (χ1) is 7.63. The van der Waals surface area contributed by atoms with E-state index in [-0.39, 0.29) is 5.41 Å². The lowest BCUT2D eigenvalue weighted by Crippen LogP contribution is -2.20. The fourth-order valence-electron chi connectivity index (χ4n) is 2.04. The number of aromatic nitrogens is 2. The molecule has 0 saturated heterocycles. The van der Waals surface area contributed by atoms with Crippen molar-refractivity contribution < 1.29 is 0 Å². The molecule has 1 aromatic heterocycles. The van der Waals surface area contributed by atoms with Crippen LogP contribution >= 0.6 is 0 Å². The fourth-order valence-corrected chi connectivity index (χ4v) is 2.04. The highest BCUT2D eigenvalue weighted by atomic mass is 14.9. The van der Waals surface area contributed by atoms with Gasteiger partial charge in [0.05, 0.1) is 5.52 Å². The van der Waals surface area contributed by atoms with Gasteiger partial charge in [-0.1, -0.05) is 45.4 Å². The Labute approximate surface area is 96.7 Å². The molecule has 16 heavy (non-hydrogen) atoms. The van der Waals surface area contributed by atoms with Crippen LogP contribution < -0.4 is 0 Å². The van der Waals surface area contributed by atoms with Gasteiger partial charge in [-0.25, -0.2) is 9.97 Å². The topological polar surface area (TPSA) is 25.8 Å². The van der Waals surface area contributed by atoms with E-state index in [1.807, 2.05) is 30.5 Å². The predicted molar refractivity (Wildman–Crippen MR) is 67.5 cm³/mol. The van der Waals surface area contributed by atoms with E-state index in [0.29, 0.717) is 0 Å². The van der Waals surface area contributed by atoms with E-state index in [0.717, 1.165) is 29.6 Å². The monoisotopic (exact) mass is 214 g/mol. The number of benzene rings is 1. The largest absolute Gasteiger partial charge is 0.240 e. The van der Waals surface area contributed by atoms with Crippen LogP contribution in [0.25, 0.3) is 10.9 Å². The van der Waals surface area contributed by atoms with E-state index in [1.54, 1.807) is 0 Å². The van der Waals surface area contributed by atoms with Crippen LogP contribution in [0.2, 0.25) is 0 Å². The molecule has 1 heterocycles. The van der Waals surface area contributed by atoms with Gasteiger partial charge < -0.3 is 0 Å². The molecule has 0 saturated carbocycles. The summed E-state index contributed by atoms with van der Waals surface area (Å²) in [5.41, 5.74) is 1.11. The molecule has 0 aliphatic heterocycles. The maximum absolute atomic E-state index is 4.65. The quantitative estimate of drug-likeness (QED) is 0.778. The highest BCUT2D eigenvalue weighted by Crippen LogP contribution is 2.26. The average molecular weight is 214 g/mol. The van der Waals surface area contributed by atoms with Crippen LogP contribution in [0.5, 0.6) is 0 Å². The van der Waals surface area contributed by atoms with Crippen LogP contribution in [0.15, 0.2) is 30.5 Å². The van der Waals surface area contributed by atoms with Crippen molar-refractivity contribution in [2.24, 2.45) is 0 Å². The first-order valence-electron chi connectivity index (χ1n) is 5.86. The zero-order valence-corrected chi connectivity index (χ0v) is 10.2. The van der Waals surface area contributed by atoms with Gasteiger partial charge in [-0.2, -0.15) is 0 Å². The summed E-state index contributed by atoms with van der Waals surface area (Å²) in [6, 6.07) is 8.13. The third-order valence-corrected chi connectivity index (χ3v) is 2.97. The van der Waals surface area contributed by atoms with Crippen molar-refractivity contribution in [2.75, 3.05) is 0 Å². The minimum Gasteiger partial charge on any atom is -0.240 e. The van der Waals surface area contributed by atoms with Crippen molar-refractivity contribution in [3.05, 3.63) is 36.3 Å². The lowest BCUT2D eigenvalue weighted by molar-refractivity contribution is 0.446. The maximum atomic E-state index is 4.65. The Hall–Kier alpha value is -1.44. The van der Waals surface area contributed by atoms with Crippen molar-refractivity contribution in [1.82, 2.24) is 9.97 Å².